The van der Waals surface area contributed by atoms with Crippen LogP contribution < -0.4 is 16.0 Å². The number of hydrogen-bond donors (Lipinski definition) is 2. The maximum Gasteiger partial charge on any atom is 0.410 e. The van der Waals surface area contributed by atoms with Crippen LogP contribution in [0.2, 0.25) is 0 Å². The molecule has 0 bridgehead atoms. The molecule has 1 aliphatic rings. The Hall–Kier alpha value is -3.01. The molecule has 1 aromatic heterocycles. The number of anilines is 1. The number of ether oxygens (including phenoxy) is 2. The van der Waals surface area contributed by atoms with Crippen molar-refractivity contribution < 1.29 is 23.0 Å². The molecule has 1 aliphatic heterocycles. The fourth-order valence-electron chi connectivity index (χ4n) is 2.99. The number of benzene rings is 1. The van der Waals surface area contributed by atoms with Crippen molar-refractivity contribution in [2.45, 2.75) is 24.9 Å². The SMILES string of the molecule is COc1ncc(C2CN(C(=O)OCc3ccccc3)CCC2(F)F)nc1NN. The van der Waals surface area contributed by atoms with Gasteiger partial charge < -0.3 is 19.8 Å². The number of nitrogens with zero attached hydrogens (tertiary/aromatic N) is 3. The average molecular weight is 393 g/mol. The summed E-state index contributed by atoms with van der Waals surface area (Å²) < 4.78 is 39.3. The van der Waals surface area contributed by atoms with E-state index >= 15 is 0 Å². The smallest absolute Gasteiger partial charge is 0.410 e. The molecule has 3 rings (SSSR count). The summed E-state index contributed by atoms with van der Waals surface area (Å²) in [7, 11) is 1.37. The molecule has 1 fully saturated rings. The number of hydrogen-bond acceptors (Lipinski definition) is 7. The number of rotatable bonds is 5. The molecule has 0 radical (unpaired) electrons. The number of halogens is 2. The summed E-state index contributed by atoms with van der Waals surface area (Å²) >= 11 is 0. The first kappa shape index (κ1) is 19.7. The molecule has 1 aromatic carbocycles. The molecule has 1 atom stereocenters. The molecule has 8 nitrogen and oxygen atoms in total. The number of nitrogens with two attached hydrogens (primary N) is 1. The zero-order valence-corrected chi connectivity index (χ0v) is 15.3. The van der Waals surface area contributed by atoms with Gasteiger partial charge in [0.1, 0.15) is 6.61 Å². The van der Waals surface area contributed by atoms with Crippen LogP contribution in [0.25, 0.3) is 0 Å². The van der Waals surface area contributed by atoms with Crippen LogP contribution in [0.4, 0.5) is 19.4 Å². The normalized spacial score (nSPS) is 18.4. The molecular weight excluding hydrogens is 372 g/mol. The number of carbonyl (C=O) groups is 1. The van der Waals surface area contributed by atoms with E-state index in [9.17, 15) is 13.6 Å². The van der Waals surface area contributed by atoms with Crippen molar-refractivity contribution in [3.8, 4) is 5.88 Å². The fraction of sp³-hybridized carbons (Fsp3) is 0.389. The summed E-state index contributed by atoms with van der Waals surface area (Å²) in [5.74, 6) is 1.10. The molecule has 0 saturated carbocycles. The van der Waals surface area contributed by atoms with Crippen molar-refractivity contribution in [2.24, 2.45) is 5.84 Å². The lowest BCUT2D eigenvalue weighted by Gasteiger charge is -2.37. The van der Waals surface area contributed by atoms with E-state index in [2.05, 4.69) is 15.4 Å². The third-order valence-corrected chi connectivity index (χ3v) is 4.54. The third kappa shape index (κ3) is 4.28. The highest BCUT2D eigenvalue weighted by molar-refractivity contribution is 5.68. The molecule has 0 aliphatic carbocycles. The Morgan fingerprint density at radius 3 is 2.82 bits per heavy atom. The highest BCUT2D eigenvalue weighted by atomic mass is 19.3. The fourth-order valence-corrected chi connectivity index (χ4v) is 2.99. The minimum atomic E-state index is -3.05. The average Bonchev–Trinajstić information content (AvgIpc) is 2.72. The predicted octanol–water partition coefficient (Wildman–Crippen LogP) is 2.53. The van der Waals surface area contributed by atoms with Crippen LogP contribution in [0.15, 0.2) is 36.5 Å². The zero-order valence-electron chi connectivity index (χ0n) is 15.3. The zero-order chi connectivity index (χ0) is 20.1. The molecule has 1 amide bonds. The van der Waals surface area contributed by atoms with Crippen molar-refractivity contribution in [3.05, 3.63) is 47.8 Å². The van der Waals surface area contributed by atoms with Gasteiger partial charge in [0.25, 0.3) is 11.8 Å². The first-order valence-electron chi connectivity index (χ1n) is 8.65. The summed E-state index contributed by atoms with van der Waals surface area (Å²) in [5.41, 5.74) is 3.10. The highest BCUT2D eigenvalue weighted by Crippen LogP contribution is 2.40. The Bertz CT molecular complexity index is 822. The van der Waals surface area contributed by atoms with Gasteiger partial charge in [-0.15, -0.1) is 0 Å². The predicted molar refractivity (Wildman–Crippen MR) is 96.9 cm³/mol. The third-order valence-electron chi connectivity index (χ3n) is 4.54. The van der Waals surface area contributed by atoms with Crippen molar-refractivity contribution in [3.63, 3.8) is 0 Å². The standard InChI is InChI=1S/C18H21F2N5O3/c1-27-16-15(24-21)23-14(9-22-16)13-10-25(8-7-18(13,19)20)17(26)28-11-12-5-3-2-4-6-12/h2-6,9,13H,7-8,10-11,21H2,1H3,(H,23,24). The summed E-state index contributed by atoms with van der Waals surface area (Å²) in [5, 5.41) is 0. The number of nitrogen functional groups attached to an aromatic ring is 1. The Labute approximate surface area is 160 Å². The summed E-state index contributed by atoms with van der Waals surface area (Å²) in [6.07, 6.45) is 0.0526. The van der Waals surface area contributed by atoms with Crippen LogP contribution in [-0.2, 0) is 11.3 Å². The van der Waals surface area contributed by atoms with E-state index in [1.165, 1.54) is 18.2 Å². The lowest BCUT2D eigenvalue weighted by molar-refractivity contribution is -0.0739. The molecule has 2 heterocycles. The number of amides is 1. The van der Waals surface area contributed by atoms with Crippen LogP contribution in [0, 0.1) is 0 Å². The lowest BCUT2D eigenvalue weighted by Crippen LogP contribution is -2.48. The van der Waals surface area contributed by atoms with E-state index in [0.717, 1.165) is 5.56 Å². The van der Waals surface area contributed by atoms with E-state index in [4.69, 9.17) is 15.3 Å². The molecule has 1 saturated heterocycles. The van der Waals surface area contributed by atoms with E-state index in [0.29, 0.717) is 0 Å². The lowest BCUT2D eigenvalue weighted by atomic mass is 9.91. The number of piperidine rings is 1. The molecule has 28 heavy (non-hydrogen) atoms. The Balaban J connectivity index is 1.73. The van der Waals surface area contributed by atoms with Gasteiger partial charge in [-0.2, -0.15) is 0 Å². The van der Waals surface area contributed by atoms with Crippen LogP contribution >= 0.6 is 0 Å². The van der Waals surface area contributed by atoms with Crippen LogP contribution in [0.3, 0.4) is 0 Å². The van der Waals surface area contributed by atoms with E-state index in [1.807, 2.05) is 30.3 Å². The number of methoxy groups -OCH3 is 1. The molecule has 1 unspecified atom stereocenters. The molecule has 0 spiro atoms. The Morgan fingerprint density at radius 1 is 1.39 bits per heavy atom. The van der Waals surface area contributed by atoms with Crippen molar-refractivity contribution >= 4 is 11.9 Å². The first-order valence-corrected chi connectivity index (χ1v) is 8.65. The second kappa shape index (κ2) is 8.34. The Kier molecular flexibility index (Phi) is 5.88. The monoisotopic (exact) mass is 393 g/mol. The first-order chi connectivity index (χ1) is 13.4. The van der Waals surface area contributed by atoms with Gasteiger partial charge >= 0.3 is 6.09 Å². The molecule has 3 N–H and O–H groups in total. The van der Waals surface area contributed by atoms with Gasteiger partial charge in [-0.05, 0) is 5.56 Å². The van der Waals surface area contributed by atoms with Crippen molar-refractivity contribution in [1.29, 1.82) is 0 Å². The highest BCUT2D eigenvalue weighted by Gasteiger charge is 2.47. The van der Waals surface area contributed by atoms with Crippen molar-refractivity contribution in [1.82, 2.24) is 14.9 Å². The molecule has 150 valence electrons. The second-order valence-corrected chi connectivity index (χ2v) is 6.35. The molecule has 2 aromatic rings. The van der Waals surface area contributed by atoms with Gasteiger partial charge in [-0.3, -0.25) is 0 Å². The summed E-state index contributed by atoms with van der Waals surface area (Å²) in [4.78, 5) is 21.7. The van der Waals surface area contributed by atoms with Gasteiger partial charge in [0.05, 0.1) is 24.9 Å². The largest absolute Gasteiger partial charge is 0.478 e. The maximum absolute atomic E-state index is 14.5. The molecular formula is C18H21F2N5O3. The van der Waals surface area contributed by atoms with Gasteiger partial charge in [0, 0.05) is 19.5 Å². The maximum atomic E-state index is 14.5. The summed E-state index contributed by atoms with van der Waals surface area (Å²) in [6.45, 7) is -0.283. The minimum absolute atomic E-state index is 0.0132. The van der Waals surface area contributed by atoms with Gasteiger partial charge in [0.15, 0.2) is 0 Å². The van der Waals surface area contributed by atoms with E-state index in [-0.39, 0.29) is 37.1 Å². The second-order valence-electron chi connectivity index (χ2n) is 6.35. The van der Waals surface area contributed by atoms with Crippen LogP contribution in [0.5, 0.6) is 5.88 Å². The molecule has 10 heteroatoms. The van der Waals surface area contributed by atoms with Crippen LogP contribution in [-0.4, -0.2) is 47.1 Å². The quantitative estimate of drug-likeness (QED) is 0.594. The van der Waals surface area contributed by atoms with Crippen LogP contribution in [0.1, 0.15) is 23.6 Å². The topological polar surface area (TPSA) is 103 Å². The van der Waals surface area contributed by atoms with E-state index < -0.39 is 24.4 Å². The number of hydrazine groups is 1. The number of nitrogens with one attached hydrogen (secondary N) is 1. The van der Waals surface area contributed by atoms with E-state index in [1.54, 1.807) is 0 Å². The number of likely N-dealkylation sites (tertiary alicyclic amines) is 1. The van der Waals surface area contributed by atoms with Gasteiger partial charge in [0.2, 0.25) is 5.82 Å². The minimum Gasteiger partial charge on any atom is -0.478 e. The number of carbonyl (C=O) groups excluding carboxylic acids is 1. The van der Waals surface area contributed by atoms with Gasteiger partial charge in [-0.25, -0.2) is 29.4 Å². The number of alkyl halides is 2. The van der Waals surface area contributed by atoms with Crippen molar-refractivity contribution in [2.75, 3.05) is 25.6 Å². The summed E-state index contributed by atoms with van der Waals surface area (Å²) in [6, 6.07) is 9.13. The Morgan fingerprint density at radius 2 is 2.14 bits per heavy atom. The van der Waals surface area contributed by atoms with Gasteiger partial charge in [-0.1, -0.05) is 30.3 Å². The number of aromatic nitrogens is 2.